The number of nitrogens with zero attached hydrogens (tertiary/aromatic N) is 2. The lowest BCUT2D eigenvalue weighted by molar-refractivity contribution is 0.0528. The molecule has 1 heterocycles. The molecule has 0 amide bonds. The van der Waals surface area contributed by atoms with E-state index in [4.69, 9.17) is 10.5 Å². The summed E-state index contributed by atoms with van der Waals surface area (Å²) in [5.41, 5.74) is 7.05. The van der Waals surface area contributed by atoms with E-state index in [0.717, 1.165) is 12.1 Å². The monoisotopic (exact) mass is 332 g/mol. The Hall–Kier alpha value is -2.54. The van der Waals surface area contributed by atoms with Crippen LogP contribution in [-0.4, -0.2) is 33.6 Å². The Morgan fingerprint density at radius 3 is 2.71 bits per heavy atom. The number of aliphatic hydroxyl groups excluding tert-OH is 1. The van der Waals surface area contributed by atoms with Crippen molar-refractivity contribution in [2.45, 2.75) is 39.3 Å². The number of esters is 1. The third kappa shape index (κ3) is 4.26. The minimum atomic E-state index is -0.572. The fourth-order valence-corrected chi connectivity index (χ4v) is 2.39. The minimum absolute atomic E-state index is 0.182. The number of hydrogen-bond acceptors (Lipinski definition) is 6. The smallest absolute Gasteiger partial charge is 0.345 e. The fraction of sp³-hybridized carbons (Fsp3) is 0.412. The van der Waals surface area contributed by atoms with E-state index in [9.17, 15) is 9.90 Å². The highest BCUT2D eigenvalue weighted by molar-refractivity contribution is 6.00. The van der Waals surface area contributed by atoms with Gasteiger partial charge in [-0.05, 0) is 25.5 Å². The van der Waals surface area contributed by atoms with E-state index < -0.39 is 12.1 Å². The van der Waals surface area contributed by atoms with Gasteiger partial charge in [0.25, 0.3) is 0 Å². The maximum absolute atomic E-state index is 12.2. The van der Waals surface area contributed by atoms with Gasteiger partial charge in [0.1, 0.15) is 11.4 Å². The largest absolute Gasteiger partial charge is 0.462 e. The molecule has 0 spiro atoms. The van der Waals surface area contributed by atoms with Gasteiger partial charge in [-0.15, -0.1) is 0 Å². The zero-order chi connectivity index (χ0) is 17.5. The molecule has 0 radical (unpaired) electrons. The van der Waals surface area contributed by atoms with Crippen LogP contribution in [0.5, 0.6) is 0 Å². The number of aliphatic hydroxyl groups is 1. The van der Waals surface area contributed by atoms with Gasteiger partial charge in [0.05, 0.1) is 19.3 Å². The highest BCUT2D eigenvalue weighted by Gasteiger charge is 2.24. The Morgan fingerprint density at radius 1 is 1.38 bits per heavy atom. The van der Waals surface area contributed by atoms with Crippen molar-refractivity contribution in [1.29, 1.82) is 0 Å². The molecule has 0 fully saturated rings. The third-order valence-corrected chi connectivity index (χ3v) is 3.51. The van der Waals surface area contributed by atoms with Crippen molar-refractivity contribution < 1.29 is 14.6 Å². The molecular formula is C17H24N4O3. The third-order valence-electron chi connectivity index (χ3n) is 3.51. The fourth-order valence-electron chi connectivity index (χ4n) is 2.39. The lowest BCUT2D eigenvalue weighted by Gasteiger charge is -2.10. The zero-order valence-corrected chi connectivity index (χ0v) is 14.0. The highest BCUT2D eigenvalue weighted by Crippen LogP contribution is 2.26. The van der Waals surface area contributed by atoms with Gasteiger partial charge in [0.2, 0.25) is 0 Å². The van der Waals surface area contributed by atoms with Crippen LogP contribution in [0.25, 0.3) is 0 Å². The first-order chi connectivity index (χ1) is 11.6. The lowest BCUT2D eigenvalue weighted by atomic mass is 10.2. The van der Waals surface area contributed by atoms with E-state index in [0.29, 0.717) is 12.2 Å². The van der Waals surface area contributed by atoms with Gasteiger partial charge >= 0.3 is 5.97 Å². The van der Waals surface area contributed by atoms with Crippen LogP contribution in [0.1, 0.15) is 37.0 Å². The molecule has 0 aliphatic rings. The van der Waals surface area contributed by atoms with Crippen molar-refractivity contribution in [2.24, 2.45) is 0 Å². The van der Waals surface area contributed by atoms with Gasteiger partial charge in [-0.2, -0.15) is 5.10 Å². The normalized spacial score (nSPS) is 12.0. The summed E-state index contributed by atoms with van der Waals surface area (Å²) < 4.78 is 6.52. The maximum Gasteiger partial charge on any atom is 0.345 e. The predicted molar refractivity (Wildman–Crippen MR) is 93.2 cm³/mol. The number of ether oxygens (including phenoxy) is 1. The Kier molecular flexibility index (Phi) is 6.20. The van der Waals surface area contributed by atoms with Crippen LogP contribution in [0.3, 0.4) is 0 Å². The molecule has 0 aliphatic carbocycles. The average molecular weight is 332 g/mol. The standard InChI is InChI=1S/C17H24N4O3/c1-3-8-13(22)11-21-15(18)14(17(23)24-4-2)16(20-21)19-12-9-6-5-7-10-12/h5-7,9-10,13,22H,3-4,8,11,18H2,1-2H3,(H,19,20). The zero-order valence-electron chi connectivity index (χ0n) is 14.0. The second-order valence-electron chi connectivity index (χ2n) is 5.44. The SMILES string of the molecule is CCCC(O)Cn1nc(Nc2ccccc2)c(C(=O)OCC)c1N. The minimum Gasteiger partial charge on any atom is -0.462 e. The molecule has 1 unspecified atom stereocenters. The van der Waals surface area contributed by atoms with E-state index in [-0.39, 0.29) is 24.5 Å². The Balaban J connectivity index is 2.34. The van der Waals surface area contributed by atoms with Gasteiger partial charge < -0.3 is 20.9 Å². The molecule has 24 heavy (non-hydrogen) atoms. The average Bonchev–Trinajstić information content (AvgIpc) is 2.84. The molecule has 130 valence electrons. The summed E-state index contributed by atoms with van der Waals surface area (Å²) in [7, 11) is 0. The Labute approximate surface area is 141 Å². The van der Waals surface area contributed by atoms with Crippen molar-refractivity contribution >= 4 is 23.3 Å². The summed E-state index contributed by atoms with van der Waals surface area (Å²) in [5, 5.41) is 17.4. The maximum atomic E-state index is 12.2. The first-order valence-electron chi connectivity index (χ1n) is 8.10. The van der Waals surface area contributed by atoms with Crippen LogP contribution < -0.4 is 11.1 Å². The number of nitrogen functional groups attached to an aromatic ring is 1. The predicted octanol–water partition coefficient (Wildman–Crippen LogP) is 2.55. The molecule has 2 rings (SSSR count). The second-order valence-corrected chi connectivity index (χ2v) is 5.44. The molecule has 0 saturated heterocycles. The summed E-state index contributed by atoms with van der Waals surface area (Å²) in [4.78, 5) is 12.2. The first-order valence-corrected chi connectivity index (χ1v) is 8.10. The van der Waals surface area contributed by atoms with Crippen LogP contribution in [0.15, 0.2) is 30.3 Å². The second kappa shape index (κ2) is 8.35. The summed E-state index contributed by atoms with van der Waals surface area (Å²) in [6, 6.07) is 9.35. The topological polar surface area (TPSA) is 102 Å². The lowest BCUT2D eigenvalue weighted by Crippen LogP contribution is -2.18. The van der Waals surface area contributed by atoms with E-state index >= 15 is 0 Å². The quantitative estimate of drug-likeness (QED) is 0.642. The van der Waals surface area contributed by atoms with Crippen molar-refractivity contribution in [3.63, 3.8) is 0 Å². The molecule has 4 N–H and O–H groups in total. The van der Waals surface area contributed by atoms with E-state index in [1.165, 1.54) is 4.68 Å². The number of rotatable bonds is 8. The number of carbonyl (C=O) groups excluding carboxylic acids is 1. The summed E-state index contributed by atoms with van der Waals surface area (Å²) >= 11 is 0. The number of anilines is 3. The number of aromatic nitrogens is 2. The molecule has 0 saturated carbocycles. The number of carbonyl (C=O) groups is 1. The van der Waals surface area contributed by atoms with Crippen LogP contribution >= 0.6 is 0 Å². The van der Waals surface area contributed by atoms with Crippen molar-refractivity contribution in [2.75, 3.05) is 17.7 Å². The number of benzene rings is 1. The number of nitrogens with one attached hydrogen (secondary N) is 1. The number of hydrogen-bond donors (Lipinski definition) is 3. The van der Waals surface area contributed by atoms with Crippen LogP contribution in [-0.2, 0) is 11.3 Å². The summed E-state index contributed by atoms with van der Waals surface area (Å²) in [6.45, 7) is 4.19. The number of nitrogens with two attached hydrogens (primary N) is 1. The van der Waals surface area contributed by atoms with Gasteiger partial charge in [0, 0.05) is 5.69 Å². The molecule has 7 heteroatoms. The van der Waals surface area contributed by atoms with E-state index in [1.807, 2.05) is 37.3 Å². The molecule has 7 nitrogen and oxygen atoms in total. The molecule has 2 aromatic rings. The van der Waals surface area contributed by atoms with Crippen LogP contribution in [0.2, 0.25) is 0 Å². The summed E-state index contributed by atoms with van der Waals surface area (Å²) in [5.74, 6) is -0.0347. The molecule has 1 aromatic heterocycles. The Bertz CT molecular complexity index is 670. The van der Waals surface area contributed by atoms with Crippen LogP contribution in [0, 0.1) is 0 Å². The van der Waals surface area contributed by atoms with Crippen molar-refractivity contribution in [3.05, 3.63) is 35.9 Å². The first kappa shape index (κ1) is 17.8. The molecular weight excluding hydrogens is 308 g/mol. The number of para-hydroxylation sites is 1. The highest BCUT2D eigenvalue weighted by atomic mass is 16.5. The van der Waals surface area contributed by atoms with Crippen LogP contribution in [0.4, 0.5) is 17.3 Å². The molecule has 0 aliphatic heterocycles. The van der Waals surface area contributed by atoms with Gasteiger partial charge in [-0.25, -0.2) is 9.48 Å². The molecule has 1 aromatic carbocycles. The van der Waals surface area contributed by atoms with Crippen molar-refractivity contribution in [1.82, 2.24) is 9.78 Å². The van der Waals surface area contributed by atoms with Gasteiger partial charge in [-0.1, -0.05) is 31.5 Å². The van der Waals surface area contributed by atoms with Gasteiger partial charge in [0.15, 0.2) is 5.82 Å². The van der Waals surface area contributed by atoms with E-state index in [1.54, 1.807) is 6.92 Å². The Morgan fingerprint density at radius 2 is 2.08 bits per heavy atom. The summed E-state index contributed by atoms with van der Waals surface area (Å²) in [6.07, 6.45) is 0.911. The van der Waals surface area contributed by atoms with Gasteiger partial charge in [-0.3, -0.25) is 0 Å². The van der Waals surface area contributed by atoms with E-state index in [2.05, 4.69) is 10.4 Å². The van der Waals surface area contributed by atoms with Crippen molar-refractivity contribution in [3.8, 4) is 0 Å². The molecule has 0 bridgehead atoms. The molecule has 1 atom stereocenters.